The van der Waals surface area contributed by atoms with E-state index in [2.05, 4.69) is 10.1 Å². The molecule has 0 bridgehead atoms. The predicted octanol–water partition coefficient (Wildman–Crippen LogP) is 2.91. The van der Waals surface area contributed by atoms with Gasteiger partial charge in [0.05, 0.1) is 36.1 Å². The van der Waals surface area contributed by atoms with Gasteiger partial charge in [0, 0.05) is 17.7 Å². The molecule has 0 amide bonds. The maximum absolute atomic E-state index is 12.6. The summed E-state index contributed by atoms with van der Waals surface area (Å²) >= 11 is 1.27. The van der Waals surface area contributed by atoms with E-state index in [1.807, 2.05) is 0 Å². The number of hydrogen-bond acceptors (Lipinski definition) is 9. The molecular weight excluding hydrogens is 400 g/mol. The second kappa shape index (κ2) is 7.87. The molecule has 0 aliphatic carbocycles. The molecule has 0 saturated heterocycles. The number of carbonyl (C=O) groups is 2. The average molecular weight is 416 g/mol. The highest BCUT2D eigenvalue weighted by molar-refractivity contribution is 7.98. The number of fused-ring (bicyclic) bond motifs is 1. The SMILES string of the molecule is COC(=O)c1c(C(=O)OC)c2c(-c3ccc([N+](=O)[O-])cc3)nc(SC)nn2c1C. The van der Waals surface area contributed by atoms with E-state index in [-0.39, 0.29) is 22.3 Å². The molecule has 0 saturated carbocycles. The van der Waals surface area contributed by atoms with Gasteiger partial charge in [0.15, 0.2) is 0 Å². The fourth-order valence-corrected chi connectivity index (χ4v) is 3.31. The summed E-state index contributed by atoms with van der Waals surface area (Å²) in [5, 5.41) is 15.7. The van der Waals surface area contributed by atoms with Crippen LogP contribution in [0, 0.1) is 17.0 Å². The summed E-state index contributed by atoms with van der Waals surface area (Å²) in [5.74, 6) is -1.46. The minimum absolute atomic E-state index is 0.0232. The van der Waals surface area contributed by atoms with E-state index in [9.17, 15) is 19.7 Å². The Morgan fingerprint density at radius 3 is 2.21 bits per heavy atom. The Kier molecular flexibility index (Phi) is 5.50. The van der Waals surface area contributed by atoms with Gasteiger partial charge in [-0.1, -0.05) is 11.8 Å². The van der Waals surface area contributed by atoms with Gasteiger partial charge < -0.3 is 9.47 Å². The van der Waals surface area contributed by atoms with Gasteiger partial charge >= 0.3 is 11.9 Å². The normalized spacial score (nSPS) is 10.8. The van der Waals surface area contributed by atoms with Crippen molar-refractivity contribution in [3.63, 3.8) is 0 Å². The Balaban J connectivity index is 2.44. The van der Waals surface area contributed by atoms with Crippen molar-refractivity contribution in [2.75, 3.05) is 20.5 Å². The fraction of sp³-hybridized carbons (Fsp3) is 0.222. The summed E-state index contributed by atoms with van der Waals surface area (Å²) in [6, 6.07) is 5.71. The standard InChI is InChI=1S/C18H16N4O6S/c1-9-12(16(23)27-2)13(17(24)28-3)15-14(19-18(29-4)20-21(9)15)10-5-7-11(8-6-10)22(25)26/h5-8H,1-4H3. The van der Waals surface area contributed by atoms with E-state index >= 15 is 0 Å². The Hall–Kier alpha value is -3.47. The van der Waals surface area contributed by atoms with Crippen molar-refractivity contribution < 1.29 is 24.0 Å². The minimum Gasteiger partial charge on any atom is -0.465 e. The number of nitrogens with zero attached hydrogens (tertiary/aromatic N) is 4. The molecule has 2 heterocycles. The molecule has 0 spiro atoms. The lowest BCUT2D eigenvalue weighted by molar-refractivity contribution is -0.384. The molecule has 2 aromatic heterocycles. The second-order valence-electron chi connectivity index (χ2n) is 5.83. The predicted molar refractivity (Wildman–Crippen MR) is 104 cm³/mol. The molecule has 0 unspecified atom stereocenters. The van der Waals surface area contributed by atoms with E-state index in [1.54, 1.807) is 13.2 Å². The van der Waals surface area contributed by atoms with Crippen molar-refractivity contribution in [1.29, 1.82) is 0 Å². The van der Waals surface area contributed by atoms with E-state index in [0.29, 0.717) is 22.1 Å². The number of ether oxygens (including phenoxy) is 2. The smallest absolute Gasteiger partial charge is 0.341 e. The highest BCUT2D eigenvalue weighted by Crippen LogP contribution is 2.33. The molecule has 29 heavy (non-hydrogen) atoms. The summed E-state index contributed by atoms with van der Waals surface area (Å²) in [7, 11) is 2.41. The molecule has 3 aromatic rings. The number of thioether (sulfide) groups is 1. The van der Waals surface area contributed by atoms with Crippen LogP contribution in [0.25, 0.3) is 16.8 Å². The van der Waals surface area contributed by atoms with Gasteiger partial charge in [-0.2, -0.15) is 0 Å². The number of esters is 2. The zero-order valence-electron chi connectivity index (χ0n) is 16.0. The lowest BCUT2D eigenvalue weighted by Crippen LogP contribution is -2.11. The molecule has 150 valence electrons. The number of rotatable bonds is 5. The number of carbonyl (C=O) groups excluding carboxylic acids is 2. The molecular formula is C18H16N4O6S. The first-order chi connectivity index (χ1) is 13.8. The Labute approximate surface area is 169 Å². The van der Waals surface area contributed by atoms with E-state index in [0.717, 1.165) is 0 Å². The van der Waals surface area contributed by atoms with Crippen LogP contribution >= 0.6 is 11.8 Å². The summed E-state index contributed by atoms with van der Waals surface area (Å²) < 4.78 is 11.2. The number of aryl methyl sites for hydroxylation is 1. The van der Waals surface area contributed by atoms with Crippen molar-refractivity contribution in [3.05, 3.63) is 51.2 Å². The minimum atomic E-state index is -0.750. The van der Waals surface area contributed by atoms with Crippen molar-refractivity contribution >= 4 is 34.9 Å². The van der Waals surface area contributed by atoms with Crippen LogP contribution in [0.4, 0.5) is 5.69 Å². The Bertz CT molecular complexity index is 1140. The van der Waals surface area contributed by atoms with Crippen LogP contribution in [-0.4, -0.2) is 51.9 Å². The van der Waals surface area contributed by atoms with Gasteiger partial charge in [0.1, 0.15) is 11.1 Å². The lowest BCUT2D eigenvalue weighted by Gasteiger charge is -2.08. The van der Waals surface area contributed by atoms with Crippen molar-refractivity contribution in [3.8, 4) is 11.3 Å². The van der Waals surface area contributed by atoms with Crippen LogP contribution in [-0.2, 0) is 9.47 Å². The Morgan fingerprint density at radius 1 is 1.10 bits per heavy atom. The van der Waals surface area contributed by atoms with Crippen LogP contribution in [0.15, 0.2) is 29.4 Å². The van der Waals surface area contributed by atoms with Crippen molar-refractivity contribution in [2.45, 2.75) is 12.1 Å². The number of aromatic nitrogens is 3. The third-order valence-electron chi connectivity index (χ3n) is 4.31. The fourth-order valence-electron chi connectivity index (χ4n) is 2.96. The largest absolute Gasteiger partial charge is 0.465 e. The van der Waals surface area contributed by atoms with Crippen LogP contribution in [0.3, 0.4) is 0 Å². The average Bonchev–Trinajstić information content (AvgIpc) is 3.04. The van der Waals surface area contributed by atoms with E-state index in [1.165, 1.54) is 54.8 Å². The number of nitro benzene ring substituents is 1. The topological polar surface area (TPSA) is 126 Å². The number of benzene rings is 1. The summed E-state index contributed by atoms with van der Waals surface area (Å²) in [4.78, 5) is 39.9. The number of methoxy groups -OCH3 is 2. The third kappa shape index (κ3) is 3.40. The van der Waals surface area contributed by atoms with Crippen LogP contribution in [0.5, 0.6) is 0 Å². The molecule has 0 N–H and O–H groups in total. The lowest BCUT2D eigenvalue weighted by atomic mass is 10.1. The highest BCUT2D eigenvalue weighted by Gasteiger charge is 2.31. The summed E-state index contributed by atoms with van der Waals surface area (Å²) in [6.45, 7) is 1.63. The molecule has 0 aliphatic rings. The zero-order chi connectivity index (χ0) is 21.3. The molecule has 0 atom stereocenters. The number of hydrogen-bond donors (Lipinski definition) is 0. The van der Waals surface area contributed by atoms with Gasteiger partial charge in [-0.25, -0.2) is 19.1 Å². The molecule has 3 rings (SSSR count). The molecule has 0 radical (unpaired) electrons. The van der Waals surface area contributed by atoms with E-state index < -0.39 is 16.9 Å². The molecule has 0 fully saturated rings. The van der Waals surface area contributed by atoms with Gasteiger partial charge in [0.25, 0.3) is 5.69 Å². The highest BCUT2D eigenvalue weighted by atomic mass is 32.2. The third-order valence-corrected chi connectivity index (χ3v) is 4.85. The summed E-state index contributed by atoms with van der Waals surface area (Å²) in [6.07, 6.45) is 1.78. The van der Waals surface area contributed by atoms with Gasteiger partial charge in [-0.3, -0.25) is 10.1 Å². The quantitative estimate of drug-likeness (QED) is 0.267. The van der Waals surface area contributed by atoms with Gasteiger partial charge in [-0.05, 0) is 25.3 Å². The maximum atomic E-state index is 12.6. The monoisotopic (exact) mass is 416 g/mol. The first-order valence-corrected chi connectivity index (χ1v) is 9.45. The zero-order valence-corrected chi connectivity index (χ0v) is 16.8. The molecule has 0 aliphatic heterocycles. The van der Waals surface area contributed by atoms with Gasteiger partial charge in [0.2, 0.25) is 5.16 Å². The molecule has 10 nitrogen and oxygen atoms in total. The first kappa shape index (κ1) is 20.3. The van der Waals surface area contributed by atoms with Gasteiger partial charge in [-0.15, -0.1) is 5.10 Å². The van der Waals surface area contributed by atoms with Crippen molar-refractivity contribution in [1.82, 2.24) is 14.6 Å². The number of non-ortho nitro benzene ring substituents is 1. The Morgan fingerprint density at radius 2 is 1.69 bits per heavy atom. The molecule has 1 aromatic carbocycles. The summed E-state index contributed by atoms with van der Waals surface area (Å²) in [5.41, 5.74) is 1.39. The van der Waals surface area contributed by atoms with Crippen LogP contribution in [0.1, 0.15) is 26.4 Å². The first-order valence-electron chi connectivity index (χ1n) is 8.22. The number of nitro groups is 1. The van der Waals surface area contributed by atoms with E-state index in [4.69, 9.17) is 9.47 Å². The molecule has 11 heteroatoms. The van der Waals surface area contributed by atoms with Crippen molar-refractivity contribution in [2.24, 2.45) is 0 Å². The second-order valence-corrected chi connectivity index (χ2v) is 6.60. The van der Waals surface area contributed by atoms with Crippen LogP contribution < -0.4 is 0 Å². The van der Waals surface area contributed by atoms with Crippen LogP contribution in [0.2, 0.25) is 0 Å². The maximum Gasteiger partial charge on any atom is 0.341 e.